The second-order valence-corrected chi connectivity index (χ2v) is 7.58. The quantitative estimate of drug-likeness (QED) is 0.595. The van der Waals surface area contributed by atoms with Crippen LogP contribution in [0.2, 0.25) is 0 Å². The number of nitrogens with one attached hydrogen (secondary N) is 1. The number of pyridine rings is 1. The van der Waals surface area contributed by atoms with Crippen molar-refractivity contribution < 1.29 is 9.84 Å². The number of aliphatic hydroxyl groups is 1. The third kappa shape index (κ3) is 4.26. The Morgan fingerprint density at radius 1 is 1.28 bits per heavy atom. The zero-order valence-electron chi connectivity index (χ0n) is 16.6. The number of nitrogens with zero attached hydrogens (tertiary/aromatic N) is 3. The van der Waals surface area contributed by atoms with Crippen molar-refractivity contribution in [3.8, 4) is 17.1 Å². The summed E-state index contributed by atoms with van der Waals surface area (Å²) in [5.41, 5.74) is 11.0. The number of nitrogen functional groups attached to an aromatic ring is 1. The molecule has 0 spiro atoms. The molecule has 3 aromatic rings. The maximum atomic E-state index is 9.93. The zero-order valence-corrected chi connectivity index (χ0v) is 16.6. The molecule has 3 heterocycles. The lowest BCUT2D eigenvalue weighted by atomic mass is 9.87. The van der Waals surface area contributed by atoms with E-state index in [9.17, 15) is 5.11 Å². The summed E-state index contributed by atoms with van der Waals surface area (Å²) in [4.78, 5) is 6.69. The van der Waals surface area contributed by atoms with Gasteiger partial charge in [0.1, 0.15) is 0 Å². The molecule has 0 bridgehead atoms. The second kappa shape index (κ2) is 8.63. The van der Waals surface area contributed by atoms with Gasteiger partial charge in [-0.2, -0.15) is 5.10 Å². The number of H-pyrrole nitrogens is 1. The van der Waals surface area contributed by atoms with Crippen molar-refractivity contribution in [2.45, 2.75) is 31.3 Å². The van der Waals surface area contributed by atoms with Crippen LogP contribution < -0.4 is 10.5 Å². The largest absolute Gasteiger partial charge is 0.481 e. The standard InChI is InChI=1S/C22H27N5O2/c1-29-22-20(10-18(23)11-24-22)17-5-6-19(14-28)27(13-17)12-15-3-2-4-16(9-15)21-7-8-25-26-21/h2-4,7-11,17,19,28H,5-6,12-14,23H2,1H3,(H,25,26). The molecule has 7 nitrogen and oxygen atoms in total. The molecule has 4 rings (SSSR count). The topological polar surface area (TPSA) is 100 Å². The number of aromatic amines is 1. The number of benzene rings is 1. The summed E-state index contributed by atoms with van der Waals surface area (Å²) >= 11 is 0. The predicted molar refractivity (Wildman–Crippen MR) is 112 cm³/mol. The Balaban J connectivity index is 1.56. The predicted octanol–water partition coefficient (Wildman–Crippen LogP) is 2.80. The summed E-state index contributed by atoms with van der Waals surface area (Å²) in [6.07, 6.45) is 5.27. The summed E-state index contributed by atoms with van der Waals surface area (Å²) in [6.45, 7) is 1.74. The fourth-order valence-corrected chi connectivity index (χ4v) is 4.19. The van der Waals surface area contributed by atoms with Crippen molar-refractivity contribution in [1.29, 1.82) is 0 Å². The molecule has 0 radical (unpaired) electrons. The van der Waals surface area contributed by atoms with Gasteiger partial charge < -0.3 is 15.6 Å². The first-order valence-electron chi connectivity index (χ1n) is 9.91. The molecule has 0 amide bonds. The van der Waals surface area contributed by atoms with E-state index in [1.165, 1.54) is 5.56 Å². The number of nitrogens with two attached hydrogens (primary N) is 1. The van der Waals surface area contributed by atoms with Crippen LogP contribution in [-0.4, -0.2) is 51.5 Å². The van der Waals surface area contributed by atoms with Gasteiger partial charge in [0, 0.05) is 36.8 Å². The van der Waals surface area contributed by atoms with Crippen molar-refractivity contribution in [3.05, 3.63) is 59.9 Å². The molecule has 2 atom stereocenters. The van der Waals surface area contributed by atoms with Crippen LogP contribution in [0, 0.1) is 0 Å². The van der Waals surface area contributed by atoms with E-state index in [4.69, 9.17) is 10.5 Å². The monoisotopic (exact) mass is 393 g/mol. The first kappa shape index (κ1) is 19.4. The van der Waals surface area contributed by atoms with Gasteiger partial charge in [-0.3, -0.25) is 10.00 Å². The third-order valence-corrected chi connectivity index (χ3v) is 5.69. The lowest BCUT2D eigenvalue weighted by Crippen LogP contribution is -2.44. The molecular formula is C22H27N5O2. The number of anilines is 1. The van der Waals surface area contributed by atoms with Crippen molar-refractivity contribution in [1.82, 2.24) is 20.1 Å². The maximum absolute atomic E-state index is 9.93. The molecule has 2 unspecified atom stereocenters. The molecule has 1 fully saturated rings. The highest BCUT2D eigenvalue weighted by Crippen LogP contribution is 2.35. The number of aromatic nitrogens is 3. The van der Waals surface area contributed by atoms with Crippen LogP contribution in [-0.2, 0) is 6.54 Å². The molecule has 1 aromatic carbocycles. The summed E-state index contributed by atoms with van der Waals surface area (Å²) in [6, 6.07) is 12.5. The van der Waals surface area contributed by atoms with Crippen LogP contribution in [0.1, 0.15) is 29.9 Å². The Kier molecular flexibility index (Phi) is 5.78. The smallest absolute Gasteiger partial charge is 0.216 e. The van der Waals surface area contributed by atoms with Gasteiger partial charge in [0.05, 0.1) is 31.3 Å². The van der Waals surface area contributed by atoms with Crippen LogP contribution in [0.15, 0.2) is 48.8 Å². The van der Waals surface area contributed by atoms with E-state index in [1.807, 2.05) is 12.1 Å². The molecule has 152 valence electrons. The van der Waals surface area contributed by atoms with E-state index in [1.54, 1.807) is 19.5 Å². The highest BCUT2D eigenvalue weighted by Gasteiger charge is 2.30. The average Bonchev–Trinajstić information content (AvgIpc) is 3.29. The molecule has 29 heavy (non-hydrogen) atoms. The van der Waals surface area contributed by atoms with Crippen molar-refractivity contribution in [2.24, 2.45) is 0 Å². The van der Waals surface area contributed by atoms with Gasteiger partial charge in [0.25, 0.3) is 0 Å². The summed E-state index contributed by atoms with van der Waals surface area (Å²) < 4.78 is 5.47. The fourth-order valence-electron chi connectivity index (χ4n) is 4.19. The van der Waals surface area contributed by atoms with Crippen LogP contribution in [0.25, 0.3) is 11.3 Å². The van der Waals surface area contributed by atoms with Crippen molar-refractivity contribution >= 4 is 5.69 Å². The Morgan fingerprint density at radius 3 is 2.93 bits per heavy atom. The summed E-state index contributed by atoms with van der Waals surface area (Å²) in [5, 5.41) is 17.0. The Bertz CT molecular complexity index is 944. The first-order valence-corrected chi connectivity index (χ1v) is 9.91. The molecule has 1 aliphatic heterocycles. The molecule has 1 aliphatic rings. The van der Waals surface area contributed by atoms with Gasteiger partial charge in [-0.15, -0.1) is 0 Å². The highest BCUT2D eigenvalue weighted by molar-refractivity contribution is 5.59. The zero-order chi connectivity index (χ0) is 20.2. The minimum Gasteiger partial charge on any atom is -0.481 e. The van der Waals surface area contributed by atoms with E-state index in [0.717, 1.165) is 42.8 Å². The number of likely N-dealkylation sites (tertiary alicyclic amines) is 1. The summed E-state index contributed by atoms with van der Waals surface area (Å²) in [5.74, 6) is 0.896. The molecule has 0 aliphatic carbocycles. The second-order valence-electron chi connectivity index (χ2n) is 7.58. The molecule has 4 N–H and O–H groups in total. The van der Waals surface area contributed by atoms with Crippen LogP contribution >= 0.6 is 0 Å². The van der Waals surface area contributed by atoms with Crippen molar-refractivity contribution in [2.75, 3.05) is 26.0 Å². The number of aliphatic hydroxyl groups excluding tert-OH is 1. The van der Waals surface area contributed by atoms with Gasteiger partial charge >= 0.3 is 0 Å². The maximum Gasteiger partial charge on any atom is 0.216 e. The highest BCUT2D eigenvalue weighted by atomic mass is 16.5. The molecule has 1 saturated heterocycles. The molecular weight excluding hydrogens is 366 g/mol. The van der Waals surface area contributed by atoms with Gasteiger partial charge in [-0.1, -0.05) is 18.2 Å². The van der Waals surface area contributed by atoms with Crippen LogP contribution in [0.3, 0.4) is 0 Å². The molecule has 7 heteroatoms. The fraction of sp³-hybridized carbons (Fsp3) is 0.364. The van der Waals surface area contributed by atoms with Crippen LogP contribution in [0.5, 0.6) is 5.88 Å². The van der Waals surface area contributed by atoms with Gasteiger partial charge in [-0.25, -0.2) is 4.98 Å². The van der Waals surface area contributed by atoms with E-state index in [2.05, 4.69) is 44.3 Å². The van der Waals surface area contributed by atoms with Gasteiger partial charge in [0.2, 0.25) is 5.88 Å². The number of ether oxygens (including phenoxy) is 1. The minimum absolute atomic E-state index is 0.141. The number of hydrogen-bond donors (Lipinski definition) is 3. The van der Waals surface area contributed by atoms with Crippen LogP contribution in [0.4, 0.5) is 5.69 Å². The van der Waals surface area contributed by atoms with E-state index >= 15 is 0 Å². The number of hydrogen-bond acceptors (Lipinski definition) is 6. The van der Waals surface area contributed by atoms with Gasteiger partial charge in [0.15, 0.2) is 0 Å². The third-order valence-electron chi connectivity index (χ3n) is 5.69. The number of rotatable bonds is 6. The lowest BCUT2D eigenvalue weighted by molar-refractivity contribution is 0.0735. The van der Waals surface area contributed by atoms with E-state index in [0.29, 0.717) is 11.6 Å². The van der Waals surface area contributed by atoms with E-state index in [-0.39, 0.29) is 18.6 Å². The van der Waals surface area contributed by atoms with Crippen molar-refractivity contribution in [3.63, 3.8) is 0 Å². The molecule has 2 aromatic heterocycles. The van der Waals surface area contributed by atoms with Gasteiger partial charge in [-0.05, 0) is 42.2 Å². The normalized spacial score (nSPS) is 19.9. The summed E-state index contributed by atoms with van der Waals surface area (Å²) in [7, 11) is 1.64. The lowest BCUT2D eigenvalue weighted by Gasteiger charge is -2.39. The SMILES string of the molecule is COc1ncc(N)cc1C1CCC(CO)N(Cc2cccc(-c3ccn[nH]3)c2)C1. The Labute approximate surface area is 170 Å². The average molecular weight is 393 g/mol. The first-order chi connectivity index (χ1) is 14.2. The molecule has 0 saturated carbocycles. The van der Waals surface area contributed by atoms with E-state index < -0.39 is 0 Å². The number of piperidine rings is 1. The minimum atomic E-state index is 0.141. The Morgan fingerprint density at radius 2 is 2.17 bits per heavy atom. The Hall–Kier alpha value is -2.90. The number of methoxy groups -OCH3 is 1.